The van der Waals surface area contributed by atoms with Crippen LogP contribution in [0.2, 0.25) is 0 Å². The summed E-state index contributed by atoms with van der Waals surface area (Å²) in [4.78, 5) is 0. The molecule has 4 nitrogen and oxygen atoms in total. The minimum atomic E-state index is -0.467. The van der Waals surface area contributed by atoms with Crippen LogP contribution in [0.5, 0.6) is 0 Å². The Bertz CT molecular complexity index is 716. The van der Waals surface area contributed by atoms with Gasteiger partial charge in [-0.1, -0.05) is 27.7 Å². The smallest absolute Gasteiger partial charge is 0.171 e. The number of fused-ring (bicyclic) bond motifs is 7. The van der Waals surface area contributed by atoms with E-state index < -0.39 is 5.79 Å². The van der Waals surface area contributed by atoms with Gasteiger partial charge in [0.05, 0.1) is 24.9 Å². The van der Waals surface area contributed by atoms with Crippen LogP contribution in [-0.4, -0.2) is 40.9 Å². The second-order valence-electron chi connectivity index (χ2n) is 13.2. The van der Waals surface area contributed by atoms with Crippen LogP contribution in [0.3, 0.4) is 0 Å². The van der Waals surface area contributed by atoms with Crippen molar-refractivity contribution >= 4 is 0 Å². The number of hydrogen-bond acceptors (Lipinski definition) is 4. The first-order valence-corrected chi connectivity index (χ1v) is 13.4. The first kappa shape index (κ1) is 21.4. The Morgan fingerprint density at radius 2 is 1.61 bits per heavy atom. The van der Waals surface area contributed by atoms with Crippen LogP contribution in [0, 0.1) is 52.3 Å². The van der Waals surface area contributed by atoms with Crippen LogP contribution in [0.4, 0.5) is 0 Å². The van der Waals surface area contributed by atoms with Crippen LogP contribution in [0.1, 0.15) is 85.5 Å². The molecule has 6 rings (SSSR count). The topological polar surface area (TPSA) is 58.9 Å². The molecule has 2 N–H and O–H groups in total. The van der Waals surface area contributed by atoms with Crippen molar-refractivity contribution in [2.24, 2.45) is 52.3 Å². The molecule has 0 aromatic carbocycles. The van der Waals surface area contributed by atoms with Gasteiger partial charge < -0.3 is 19.7 Å². The minimum Gasteiger partial charge on any atom is -0.393 e. The highest BCUT2D eigenvalue weighted by atomic mass is 16.7. The molecule has 4 aliphatic carbocycles. The van der Waals surface area contributed by atoms with Gasteiger partial charge in [0.2, 0.25) is 0 Å². The van der Waals surface area contributed by atoms with Gasteiger partial charge in [0.1, 0.15) is 0 Å². The fourth-order valence-electron chi connectivity index (χ4n) is 10.4. The molecule has 0 radical (unpaired) electrons. The van der Waals surface area contributed by atoms with Gasteiger partial charge in [-0.2, -0.15) is 0 Å². The van der Waals surface area contributed by atoms with Gasteiger partial charge in [0.25, 0.3) is 0 Å². The van der Waals surface area contributed by atoms with Gasteiger partial charge in [0.15, 0.2) is 5.79 Å². The highest BCUT2D eigenvalue weighted by Gasteiger charge is 2.72. The Kier molecular flexibility index (Phi) is 4.78. The molecule has 31 heavy (non-hydrogen) atoms. The van der Waals surface area contributed by atoms with E-state index >= 15 is 0 Å². The number of aliphatic hydroxyl groups excluding tert-OH is 2. The van der Waals surface area contributed by atoms with E-state index in [1.807, 2.05) is 0 Å². The summed E-state index contributed by atoms with van der Waals surface area (Å²) in [5, 5.41) is 22.3. The zero-order valence-corrected chi connectivity index (χ0v) is 20.1. The van der Waals surface area contributed by atoms with Crippen LogP contribution in [-0.2, 0) is 9.47 Å². The van der Waals surface area contributed by atoms with Gasteiger partial charge in [-0.25, -0.2) is 0 Å². The fourth-order valence-corrected chi connectivity index (χ4v) is 10.4. The molecule has 0 bridgehead atoms. The molecule has 13 atom stereocenters. The second-order valence-corrected chi connectivity index (χ2v) is 13.2. The summed E-state index contributed by atoms with van der Waals surface area (Å²) >= 11 is 0. The Morgan fingerprint density at radius 3 is 2.35 bits per heavy atom. The lowest BCUT2D eigenvalue weighted by Gasteiger charge is -2.61. The molecule has 0 unspecified atom stereocenters. The highest BCUT2D eigenvalue weighted by Crippen LogP contribution is 2.71. The maximum absolute atomic E-state index is 11.8. The molecular formula is C27H44O4. The predicted octanol–water partition coefficient (Wildman–Crippen LogP) is 4.76. The van der Waals surface area contributed by atoms with Gasteiger partial charge in [-0.3, -0.25) is 0 Å². The molecule has 0 aromatic rings. The molecule has 2 heterocycles. The van der Waals surface area contributed by atoms with Crippen molar-refractivity contribution in [2.75, 3.05) is 6.61 Å². The molecule has 1 spiro atoms. The monoisotopic (exact) mass is 432 g/mol. The predicted molar refractivity (Wildman–Crippen MR) is 119 cm³/mol. The highest BCUT2D eigenvalue weighted by molar-refractivity contribution is 5.18. The quantitative estimate of drug-likeness (QED) is 0.579. The van der Waals surface area contributed by atoms with Crippen LogP contribution < -0.4 is 0 Å². The molecule has 6 aliphatic rings. The Morgan fingerprint density at radius 1 is 0.839 bits per heavy atom. The third kappa shape index (κ3) is 2.74. The number of hydrogen-bond donors (Lipinski definition) is 2. The minimum absolute atomic E-state index is 0.0698. The summed E-state index contributed by atoms with van der Waals surface area (Å²) < 4.78 is 13.2. The summed E-state index contributed by atoms with van der Waals surface area (Å²) in [6.45, 7) is 10.4. The van der Waals surface area contributed by atoms with Crippen molar-refractivity contribution in [3.63, 3.8) is 0 Å². The lowest BCUT2D eigenvalue weighted by molar-refractivity contribution is -0.282. The van der Waals surface area contributed by atoms with Crippen LogP contribution >= 0.6 is 0 Å². The van der Waals surface area contributed by atoms with E-state index in [-0.39, 0.29) is 29.1 Å². The Labute approximate surface area is 188 Å². The van der Waals surface area contributed by atoms with Crippen molar-refractivity contribution in [2.45, 2.75) is 110 Å². The molecule has 4 heteroatoms. The van der Waals surface area contributed by atoms with Crippen molar-refractivity contribution < 1.29 is 19.7 Å². The summed E-state index contributed by atoms with van der Waals surface area (Å²) in [6, 6.07) is 0. The molecule has 2 saturated heterocycles. The maximum atomic E-state index is 11.8. The van der Waals surface area contributed by atoms with Gasteiger partial charge in [0, 0.05) is 18.3 Å². The normalized spacial score (nSPS) is 63.3. The van der Waals surface area contributed by atoms with Gasteiger partial charge in [-0.15, -0.1) is 0 Å². The summed E-state index contributed by atoms with van der Waals surface area (Å²) in [7, 11) is 0. The lowest BCUT2D eigenvalue weighted by Crippen LogP contribution is -2.57. The van der Waals surface area contributed by atoms with Crippen molar-refractivity contribution in [3.8, 4) is 0 Å². The average molecular weight is 433 g/mol. The van der Waals surface area contributed by atoms with Gasteiger partial charge >= 0.3 is 0 Å². The lowest BCUT2D eigenvalue weighted by atomic mass is 9.44. The van der Waals surface area contributed by atoms with E-state index in [1.54, 1.807) is 0 Å². The molecule has 176 valence electrons. The van der Waals surface area contributed by atoms with E-state index in [9.17, 15) is 10.2 Å². The Hall–Kier alpha value is -0.160. The van der Waals surface area contributed by atoms with Crippen molar-refractivity contribution in [1.29, 1.82) is 0 Å². The maximum Gasteiger partial charge on any atom is 0.171 e. The third-order valence-electron chi connectivity index (χ3n) is 11.9. The molecule has 0 aromatic heterocycles. The molecular weight excluding hydrogens is 388 g/mol. The van der Waals surface area contributed by atoms with Crippen molar-refractivity contribution in [3.05, 3.63) is 0 Å². The number of aliphatic hydroxyl groups is 2. The van der Waals surface area contributed by atoms with Crippen LogP contribution in [0.15, 0.2) is 0 Å². The molecule has 6 fully saturated rings. The van der Waals surface area contributed by atoms with E-state index in [2.05, 4.69) is 27.7 Å². The van der Waals surface area contributed by atoms with E-state index in [4.69, 9.17) is 9.47 Å². The number of ether oxygens (including phenoxy) is 2. The molecule has 2 aliphatic heterocycles. The van der Waals surface area contributed by atoms with E-state index in [0.717, 1.165) is 38.2 Å². The summed E-state index contributed by atoms with van der Waals surface area (Å²) in [5.74, 6) is 3.18. The average Bonchev–Trinajstić information content (AvgIpc) is 3.13. The zero-order valence-electron chi connectivity index (χ0n) is 20.1. The zero-order chi connectivity index (χ0) is 21.8. The van der Waals surface area contributed by atoms with Crippen LogP contribution in [0.25, 0.3) is 0 Å². The van der Waals surface area contributed by atoms with Gasteiger partial charge in [-0.05, 0) is 91.8 Å². The SMILES string of the molecule is C[C@@H]1CC[C@@]2(OC1)O[C@@H]1[C@H](O)[C@@H]3[C@H]4CC[C@@H]5CC[C@@H](O)C[C@@]5(C)[C@@H]4CC[C@@]3(C)[C@@H]1[C@@H]2C. The van der Waals surface area contributed by atoms with Crippen molar-refractivity contribution in [1.82, 2.24) is 0 Å². The third-order valence-corrected chi connectivity index (χ3v) is 11.9. The first-order valence-electron chi connectivity index (χ1n) is 13.4. The molecule has 4 saturated carbocycles. The van der Waals surface area contributed by atoms with E-state index in [0.29, 0.717) is 35.5 Å². The summed E-state index contributed by atoms with van der Waals surface area (Å²) in [6.07, 6.45) is 9.68. The number of rotatable bonds is 0. The second kappa shape index (κ2) is 6.93. The largest absolute Gasteiger partial charge is 0.393 e. The first-order chi connectivity index (χ1) is 14.7. The summed E-state index contributed by atoms with van der Waals surface area (Å²) in [5.41, 5.74) is 0.382. The standard InChI is InChI=1S/C27H44O4/c1-15-9-12-27(30-14-15)16(2)21-24(31-27)23(29)22-19-8-6-17-5-7-18(28)13-26(17,4)20(19)10-11-25(21,22)3/h15-24,28-29H,5-14H2,1-4H3/t15-,16+,17+,18-,19+,20-,21-,22+,23-,24+,25+,26-,27-/m1/s1. The van der Waals surface area contributed by atoms with E-state index in [1.165, 1.54) is 32.1 Å². The molecule has 0 amide bonds. The Balaban J connectivity index is 1.31. The fraction of sp³-hybridized carbons (Fsp3) is 1.00.